The Morgan fingerprint density at radius 1 is 1.38 bits per heavy atom. The molecule has 0 spiro atoms. The maximum atomic E-state index is 12.5. The quantitative estimate of drug-likeness (QED) is 0.638. The highest BCUT2D eigenvalue weighted by Crippen LogP contribution is 2.36. The fraction of sp³-hybridized carbons (Fsp3) is 0.273. The van der Waals surface area contributed by atoms with Crippen LogP contribution in [0, 0.1) is 0 Å². The number of hydrogen-bond donors (Lipinski definition) is 1. The van der Waals surface area contributed by atoms with Gasteiger partial charge in [0.1, 0.15) is 0 Å². The first-order valence-electron chi connectivity index (χ1n) is 4.66. The van der Waals surface area contributed by atoms with Gasteiger partial charge in [-0.2, -0.15) is 13.2 Å². The van der Waals surface area contributed by atoms with Gasteiger partial charge in [0.2, 0.25) is 0 Å². The van der Waals surface area contributed by atoms with E-state index in [-0.39, 0.29) is 4.47 Å². The highest BCUT2D eigenvalue weighted by atomic mass is 79.9. The van der Waals surface area contributed by atoms with Crippen LogP contribution in [0.15, 0.2) is 35.3 Å². The Hall–Kier alpha value is -0.970. The average molecular weight is 294 g/mol. The molecular formula is C11H11BrF3N. The first kappa shape index (κ1) is 13.1. The number of alkyl halides is 3. The smallest absolute Gasteiger partial charge is 0.385 e. The fourth-order valence-corrected chi connectivity index (χ4v) is 1.64. The molecule has 0 bridgehead atoms. The van der Waals surface area contributed by atoms with Crippen LogP contribution in [0.3, 0.4) is 0 Å². The van der Waals surface area contributed by atoms with Gasteiger partial charge in [-0.25, -0.2) is 0 Å². The SMILES string of the molecule is C=CCCNc1ccc(Br)c(C(F)(F)F)c1. The Morgan fingerprint density at radius 3 is 2.62 bits per heavy atom. The summed E-state index contributed by atoms with van der Waals surface area (Å²) in [7, 11) is 0. The molecule has 1 nitrogen and oxygen atoms in total. The maximum Gasteiger partial charge on any atom is 0.417 e. The molecule has 0 unspecified atom stereocenters. The van der Waals surface area contributed by atoms with Crippen molar-refractivity contribution in [3.63, 3.8) is 0 Å². The first-order valence-corrected chi connectivity index (χ1v) is 5.46. The number of rotatable bonds is 4. The molecule has 0 heterocycles. The van der Waals surface area contributed by atoms with Crippen LogP contribution in [0.25, 0.3) is 0 Å². The monoisotopic (exact) mass is 293 g/mol. The molecule has 0 amide bonds. The minimum Gasteiger partial charge on any atom is -0.385 e. The fourth-order valence-electron chi connectivity index (χ4n) is 1.17. The van der Waals surface area contributed by atoms with Gasteiger partial charge < -0.3 is 5.32 Å². The normalized spacial score (nSPS) is 11.2. The Morgan fingerprint density at radius 2 is 2.06 bits per heavy atom. The summed E-state index contributed by atoms with van der Waals surface area (Å²) in [5.74, 6) is 0. The van der Waals surface area contributed by atoms with Crippen LogP contribution in [-0.4, -0.2) is 6.54 Å². The predicted molar refractivity (Wildman–Crippen MR) is 62.4 cm³/mol. The van der Waals surface area contributed by atoms with Gasteiger partial charge in [0.25, 0.3) is 0 Å². The molecule has 0 radical (unpaired) electrons. The minimum absolute atomic E-state index is 0.0503. The third-order valence-electron chi connectivity index (χ3n) is 1.95. The largest absolute Gasteiger partial charge is 0.417 e. The maximum absolute atomic E-state index is 12.5. The summed E-state index contributed by atoms with van der Waals surface area (Å²) in [6, 6.07) is 4.08. The number of benzene rings is 1. The van der Waals surface area contributed by atoms with E-state index in [9.17, 15) is 13.2 Å². The van der Waals surface area contributed by atoms with Crippen molar-refractivity contribution in [1.82, 2.24) is 0 Å². The average Bonchev–Trinajstić information content (AvgIpc) is 2.19. The summed E-state index contributed by atoms with van der Waals surface area (Å²) in [6.45, 7) is 4.11. The number of hydrogen-bond acceptors (Lipinski definition) is 1. The molecule has 1 rings (SSSR count). The van der Waals surface area contributed by atoms with Gasteiger partial charge in [-0.15, -0.1) is 6.58 Å². The van der Waals surface area contributed by atoms with E-state index in [2.05, 4.69) is 27.8 Å². The van der Waals surface area contributed by atoms with Crippen molar-refractivity contribution >= 4 is 21.6 Å². The van der Waals surface area contributed by atoms with Crippen LogP contribution in [0.4, 0.5) is 18.9 Å². The zero-order valence-electron chi connectivity index (χ0n) is 8.44. The van der Waals surface area contributed by atoms with Crippen molar-refractivity contribution in [2.24, 2.45) is 0 Å². The zero-order chi connectivity index (χ0) is 12.2. The molecule has 0 fully saturated rings. The molecule has 0 saturated carbocycles. The highest BCUT2D eigenvalue weighted by molar-refractivity contribution is 9.10. The molecule has 5 heteroatoms. The second-order valence-corrected chi connectivity index (χ2v) is 4.05. The lowest BCUT2D eigenvalue weighted by Gasteiger charge is -2.12. The summed E-state index contributed by atoms with van der Waals surface area (Å²) >= 11 is 2.88. The molecule has 1 aromatic carbocycles. The van der Waals surface area contributed by atoms with E-state index in [1.807, 2.05) is 0 Å². The van der Waals surface area contributed by atoms with E-state index in [4.69, 9.17) is 0 Å². The van der Waals surface area contributed by atoms with Crippen molar-refractivity contribution in [1.29, 1.82) is 0 Å². The molecule has 1 aromatic rings. The lowest BCUT2D eigenvalue weighted by atomic mass is 10.2. The van der Waals surface area contributed by atoms with Crippen molar-refractivity contribution in [2.45, 2.75) is 12.6 Å². The van der Waals surface area contributed by atoms with Gasteiger partial charge in [0.05, 0.1) is 5.56 Å². The van der Waals surface area contributed by atoms with E-state index in [0.29, 0.717) is 18.7 Å². The van der Waals surface area contributed by atoms with E-state index in [1.165, 1.54) is 6.07 Å². The van der Waals surface area contributed by atoms with E-state index < -0.39 is 11.7 Å². The van der Waals surface area contributed by atoms with Crippen LogP contribution in [-0.2, 0) is 6.18 Å². The third kappa shape index (κ3) is 3.56. The Kier molecular flexibility index (Phi) is 4.41. The first-order chi connectivity index (χ1) is 7.45. The van der Waals surface area contributed by atoms with Crippen molar-refractivity contribution in [2.75, 3.05) is 11.9 Å². The van der Waals surface area contributed by atoms with Gasteiger partial charge >= 0.3 is 6.18 Å². The Balaban J connectivity index is 2.85. The van der Waals surface area contributed by atoms with Crippen molar-refractivity contribution in [3.8, 4) is 0 Å². The molecular weight excluding hydrogens is 283 g/mol. The van der Waals surface area contributed by atoms with E-state index >= 15 is 0 Å². The predicted octanol–water partition coefficient (Wildman–Crippen LogP) is 4.46. The topological polar surface area (TPSA) is 12.0 Å². The van der Waals surface area contributed by atoms with E-state index in [1.54, 1.807) is 12.1 Å². The van der Waals surface area contributed by atoms with Gasteiger partial charge in [-0.1, -0.05) is 22.0 Å². The molecule has 0 aromatic heterocycles. The second-order valence-electron chi connectivity index (χ2n) is 3.20. The van der Waals surface area contributed by atoms with Crippen LogP contribution < -0.4 is 5.32 Å². The summed E-state index contributed by atoms with van der Waals surface area (Å²) in [6.07, 6.45) is -1.93. The van der Waals surface area contributed by atoms with Crippen LogP contribution in [0.2, 0.25) is 0 Å². The summed E-state index contributed by atoms with van der Waals surface area (Å²) < 4.78 is 37.7. The van der Waals surface area contributed by atoms with Gasteiger partial charge in [-0.3, -0.25) is 0 Å². The van der Waals surface area contributed by atoms with Crippen molar-refractivity contribution < 1.29 is 13.2 Å². The second kappa shape index (κ2) is 5.39. The van der Waals surface area contributed by atoms with Crippen LogP contribution >= 0.6 is 15.9 Å². The lowest BCUT2D eigenvalue weighted by molar-refractivity contribution is -0.138. The third-order valence-corrected chi connectivity index (χ3v) is 2.64. The standard InChI is InChI=1S/C11H11BrF3N/c1-2-3-6-16-8-4-5-10(12)9(7-8)11(13,14)15/h2,4-5,7,16H,1,3,6H2. The molecule has 16 heavy (non-hydrogen) atoms. The Labute approximate surface area is 100 Å². The number of nitrogens with one attached hydrogen (secondary N) is 1. The van der Waals surface area contributed by atoms with Crippen molar-refractivity contribution in [3.05, 3.63) is 40.9 Å². The lowest BCUT2D eigenvalue weighted by Crippen LogP contribution is -2.08. The number of anilines is 1. The number of halogens is 4. The molecule has 0 aliphatic heterocycles. The van der Waals surface area contributed by atoms with Gasteiger partial charge in [-0.05, 0) is 24.6 Å². The summed E-state index contributed by atoms with van der Waals surface area (Å²) in [5.41, 5.74) is -0.214. The zero-order valence-corrected chi connectivity index (χ0v) is 10.0. The summed E-state index contributed by atoms with van der Waals surface area (Å²) in [4.78, 5) is 0. The van der Waals surface area contributed by atoms with E-state index in [0.717, 1.165) is 6.07 Å². The van der Waals surface area contributed by atoms with Gasteiger partial charge in [0.15, 0.2) is 0 Å². The molecule has 0 aliphatic carbocycles. The molecule has 0 saturated heterocycles. The summed E-state index contributed by atoms with van der Waals surface area (Å²) in [5, 5.41) is 2.89. The van der Waals surface area contributed by atoms with Crippen LogP contribution in [0.5, 0.6) is 0 Å². The molecule has 0 atom stereocenters. The minimum atomic E-state index is -4.34. The molecule has 1 N–H and O–H groups in total. The Bertz CT molecular complexity index is 374. The van der Waals surface area contributed by atoms with Gasteiger partial charge in [0, 0.05) is 16.7 Å². The molecule has 88 valence electrons. The van der Waals surface area contributed by atoms with Crippen LogP contribution in [0.1, 0.15) is 12.0 Å². The highest BCUT2D eigenvalue weighted by Gasteiger charge is 2.33. The molecule has 0 aliphatic rings.